The SMILES string of the molecule is C=C(/C=C\C)C(C)(N)CCC. The van der Waals surface area contributed by atoms with Crippen LogP contribution in [0, 0.1) is 0 Å². The Morgan fingerprint density at radius 1 is 1.64 bits per heavy atom. The number of hydrogen-bond acceptors (Lipinski definition) is 1. The highest BCUT2D eigenvalue weighted by molar-refractivity contribution is 5.25. The van der Waals surface area contributed by atoms with Gasteiger partial charge in [-0.15, -0.1) is 0 Å². The highest BCUT2D eigenvalue weighted by Gasteiger charge is 2.18. The van der Waals surface area contributed by atoms with Crippen LogP contribution in [0.3, 0.4) is 0 Å². The average Bonchev–Trinajstić information content (AvgIpc) is 1.88. The molecule has 0 aliphatic heterocycles. The normalized spacial score (nSPS) is 16.7. The maximum atomic E-state index is 6.01. The minimum absolute atomic E-state index is 0.221. The number of allylic oxidation sites excluding steroid dienone is 1. The molecule has 0 aliphatic rings. The summed E-state index contributed by atoms with van der Waals surface area (Å²) in [6, 6.07) is 0. The van der Waals surface area contributed by atoms with E-state index in [4.69, 9.17) is 5.73 Å². The highest BCUT2D eigenvalue weighted by Crippen LogP contribution is 2.18. The van der Waals surface area contributed by atoms with Gasteiger partial charge in [-0.2, -0.15) is 0 Å². The smallest absolute Gasteiger partial charge is 0.0374 e. The molecule has 0 spiro atoms. The molecule has 11 heavy (non-hydrogen) atoms. The van der Waals surface area contributed by atoms with Gasteiger partial charge in [-0.05, 0) is 25.8 Å². The van der Waals surface area contributed by atoms with Crippen molar-refractivity contribution in [3.8, 4) is 0 Å². The van der Waals surface area contributed by atoms with Crippen molar-refractivity contribution in [2.75, 3.05) is 0 Å². The van der Waals surface area contributed by atoms with E-state index in [0.717, 1.165) is 18.4 Å². The molecule has 0 heterocycles. The van der Waals surface area contributed by atoms with Gasteiger partial charge in [-0.1, -0.05) is 32.1 Å². The number of nitrogens with two attached hydrogens (primary N) is 1. The molecule has 0 aromatic heterocycles. The van der Waals surface area contributed by atoms with Crippen LogP contribution in [0.2, 0.25) is 0 Å². The van der Waals surface area contributed by atoms with E-state index in [0.29, 0.717) is 0 Å². The van der Waals surface area contributed by atoms with Gasteiger partial charge in [-0.25, -0.2) is 0 Å². The van der Waals surface area contributed by atoms with Crippen LogP contribution >= 0.6 is 0 Å². The molecule has 1 heteroatoms. The Hall–Kier alpha value is -0.560. The van der Waals surface area contributed by atoms with Gasteiger partial charge >= 0.3 is 0 Å². The largest absolute Gasteiger partial charge is 0.322 e. The van der Waals surface area contributed by atoms with Crippen LogP contribution in [0.25, 0.3) is 0 Å². The quantitative estimate of drug-likeness (QED) is 0.617. The van der Waals surface area contributed by atoms with Gasteiger partial charge in [0, 0.05) is 5.54 Å². The van der Waals surface area contributed by atoms with Crippen LogP contribution in [-0.4, -0.2) is 5.54 Å². The van der Waals surface area contributed by atoms with Gasteiger partial charge in [0.25, 0.3) is 0 Å². The molecule has 0 rings (SSSR count). The van der Waals surface area contributed by atoms with Gasteiger partial charge in [0.2, 0.25) is 0 Å². The lowest BCUT2D eigenvalue weighted by molar-refractivity contribution is 0.507. The molecule has 0 amide bonds. The molecule has 0 aliphatic carbocycles. The Morgan fingerprint density at radius 2 is 2.18 bits per heavy atom. The Balaban J connectivity index is 4.17. The molecule has 0 aromatic rings. The summed E-state index contributed by atoms with van der Waals surface area (Å²) in [6.07, 6.45) is 6.05. The first-order chi connectivity index (χ1) is 5.04. The van der Waals surface area contributed by atoms with E-state index in [-0.39, 0.29) is 5.54 Å². The molecule has 64 valence electrons. The van der Waals surface area contributed by atoms with Gasteiger partial charge in [0.1, 0.15) is 0 Å². The topological polar surface area (TPSA) is 26.0 Å². The van der Waals surface area contributed by atoms with Crippen LogP contribution in [0.15, 0.2) is 24.3 Å². The van der Waals surface area contributed by atoms with E-state index >= 15 is 0 Å². The zero-order valence-corrected chi connectivity index (χ0v) is 7.85. The lowest BCUT2D eigenvalue weighted by atomic mass is 9.89. The van der Waals surface area contributed by atoms with Crippen molar-refractivity contribution >= 4 is 0 Å². The van der Waals surface area contributed by atoms with E-state index in [9.17, 15) is 0 Å². The van der Waals surface area contributed by atoms with E-state index in [1.165, 1.54) is 0 Å². The van der Waals surface area contributed by atoms with E-state index in [1.807, 2.05) is 26.0 Å². The highest BCUT2D eigenvalue weighted by atomic mass is 14.7. The van der Waals surface area contributed by atoms with Crippen molar-refractivity contribution in [3.63, 3.8) is 0 Å². The van der Waals surface area contributed by atoms with Crippen molar-refractivity contribution in [1.82, 2.24) is 0 Å². The molecule has 2 N–H and O–H groups in total. The van der Waals surface area contributed by atoms with Gasteiger partial charge in [0.05, 0.1) is 0 Å². The second-order valence-electron chi connectivity index (χ2n) is 3.19. The first-order valence-corrected chi connectivity index (χ1v) is 4.15. The fraction of sp³-hybridized carbons (Fsp3) is 0.600. The Morgan fingerprint density at radius 3 is 2.55 bits per heavy atom. The molecule has 1 unspecified atom stereocenters. The first-order valence-electron chi connectivity index (χ1n) is 4.15. The average molecular weight is 153 g/mol. The van der Waals surface area contributed by atoms with Crippen molar-refractivity contribution in [2.24, 2.45) is 5.73 Å². The molecule has 1 nitrogen and oxygen atoms in total. The molecule has 0 bridgehead atoms. The molecule has 0 saturated carbocycles. The predicted octanol–water partition coefficient (Wildman–Crippen LogP) is 2.64. The predicted molar refractivity (Wildman–Crippen MR) is 51.5 cm³/mol. The summed E-state index contributed by atoms with van der Waals surface area (Å²) in [4.78, 5) is 0. The Kier molecular flexibility index (Phi) is 4.12. The molecule has 0 saturated heterocycles. The molecular weight excluding hydrogens is 134 g/mol. The third-order valence-corrected chi connectivity index (χ3v) is 1.87. The molecule has 0 radical (unpaired) electrons. The minimum Gasteiger partial charge on any atom is -0.322 e. The second-order valence-corrected chi connectivity index (χ2v) is 3.19. The summed E-state index contributed by atoms with van der Waals surface area (Å²) in [5.74, 6) is 0. The lowest BCUT2D eigenvalue weighted by Crippen LogP contribution is -2.37. The van der Waals surface area contributed by atoms with E-state index < -0.39 is 0 Å². The van der Waals surface area contributed by atoms with Crippen LogP contribution in [0.1, 0.15) is 33.6 Å². The fourth-order valence-electron chi connectivity index (χ4n) is 1.07. The van der Waals surface area contributed by atoms with Crippen LogP contribution < -0.4 is 5.73 Å². The summed E-state index contributed by atoms with van der Waals surface area (Å²) >= 11 is 0. The maximum Gasteiger partial charge on any atom is 0.0374 e. The van der Waals surface area contributed by atoms with Gasteiger partial charge in [0.15, 0.2) is 0 Å². The first kappa shape index (κ1) is 10.4. The third-order valence-electron chi connectivity index (χ3n) is 1.87. The summed E-state index contributed by atoms with van der Waals surface area (Å²) < 4.78 is 0. The second kappa shape index (κ2) is 4.35. The van der Waals surface area contributed by atoms with Gasteiger partial charge < -0.3 is 5.73 Å². The summed E-state index contributed by atoms with van der Waals surface area (Å²) in [5.41, 5.74) is 6.80. The Labute approximate surface area is 70.0 Å². The Bertz CT molecular complexity index is 154. The van der Waals surface area contributed by atoms with Gasteiger partial charge in [-0.3, -0.25) is 0 Å². The third kappa shape index (κ3) is 3.38. The summed E-state index contributed by atoms with van der Waals surface area (Å²) in [6.45, 7) is 10.1. The zero-order valence-electron chi connectivity index (χ0n) is 7.85. The maximum absolute atomic E-state index is 6.01. The summed E-state index contributed by atoms with van der Waals surface area (Å²) in [7, 11) is 0. The van der Waals surface area contributed by atoms with Crippen LogP contribution in [-0.2, 0) is 0 Å². The molecule has 0 aromatic carbocycles. The van der Waals surface area contributed by atoms with Crippen molar-refractivity contribution in [3.05, 3.63) is 24.3 Å². The molecular formula is C10H19N. The monoisotopic (exact) mass is 153 g/mol. The van der Waals surface area contributed by atoms with E-state index in [2.05, 4.69) is 13.5 Å². The standard InChI is InChI=1S/C10H19N/c1-5-7-9(3)10(4,11)8-6-2/h5,7H,3,6,8,11H2,1-2,4H3/b7-5-. The van der Waals surface area contributed by atoms with Crippen LogP contribution in [0.5, 0.6) is 0 Å². The van der Waals surface area contributed by atoms with Crippen LogP contribution in [0.4, 0.5) is 0 Å². The number of hydrogen-bond donors (Lipinski definition) is 1. The minimum atomic E-state index is -0.221. The van der Waals surface area contributed by atoms with Crippen molar-refractivity contribution < 1.29 is 0 Å². The molecule has 0 fully saturated rings. The summed E-state index contributed by atoms with van der Waals surface area (Å²) in [5, 5.41) is 0. The zero-order chi connectivity index (χ0) is 8.91. The number of rotatable bonds is 4. The van der Waals surface area contributed by atoms with Crippen molar-refractivity contribution in [1.29, 1.82) is 0 Å². The van der Waals surface area contributed by atoms with Crippen molar-refractivity contribution in [2.45, 2.75) is 39.2 Å². The lowest BCUT2D eigenvalue weighted by Gasteiger charge is -2.24. The van der Waals surface area contributed by atoms with E-state index in [1.54, 1.807) is 0 Å². The fourth-order valence-corrected chi connectivity index (χ4v) is 1.07. The molecule has 1 atom stereocenters.